The van der Waals surface area contributed by atoms with Crippen LogP contribution < -0.4 is 10.6 Å². The van der Waals surface area contributed by atoms with Crippen molar-refractivity contribution in [1.82, 2.24) is 25.4 Å². The Bertz CT molecular complexity index is 794. The van der Waals surface area contributed by atoms with Gasteiger partial charge in [0.25, 0.3) is 0 Å². The van der Waals surface area contributed by atoms with Gasteiger partial charge >= 0.3 is 6.03 Å². The van der Waals surface area contributed by atoms with Crippen molar-refractivity contribution in [3.8, 4) is 0 Å². The molecule has 2 N–H and O–H groups in total. The highest BCUT2D eigenvalue weighted by atomic mass is 32.2. The molecule has 0 unspecified atom stereocenters. The van der Waals surface area contributed by atoms with E-state index < -0.39 is 6.03 Å². The van der Waals surface area contributed by atoms with Crippen LogP contribution in [0.3, 0.4) is 0 Å². The minimum Gasteiger partial charge on any atom is -0.467 e. The van der Waals surface area contributed by atoms with E-state index in [4.69, 9.17) is 4.42 Å². The third-order valence-electron chi connectivity index (χ3n) is 4.86. The summed E-state index contributed by atoms with van der Waals surface area (Å²) in [6.07, 6.45) is 8.09. The van der Waals surface area contributed by atoms with E-state index >= 15 is 0 Å². The number of nitrogens with one attached hydrogen (secondary N) is 2. The number of nitrogens with zero attached hydrogens (tertiary/aromatic N) is 3. The minimum atomic E-state index is -0.414. The van der Waals surface area contributed by atoms with Crippen LogP contribution in [0.1, 0.15) is 56.0 Å². The molecule has 3 amide bonds. The van der Waals surface area contributed by atoms with E-state index in [9.17, 15) is 9.59 Å². The molecule has 2 saturated carbocycles. The monoisotopic (exact) mass is 389 g/mol. The van der Waals surface area contributed by atoms with Crippen molar-refractivity contribution >= 4 is 23.7 Å². The molecule has 2 aliphatic carbocycles. The van der Waals surface area contributed by atoms with Crippen LogP contribution in [0.4, 0.5) is 4.79 Å². The van der Waals surface area contributed by atoms with E-state index in [1.165, 1.54) is 11.8 Å². The molecule has 0 saturated heterocycles. The third kappa shape index (κ3) is 4.71. The van der Waals surface area contributed by atoms with Crippen LogP contribution in [0, 0.1) is 0 Å². The van der Waals surface area contributed by atoms with Gasteiger partial charge in [-0.3, -0.25) is 14.7 Å². The summed E-state index contributed by atoms with van der Waals surface area (Å²) in [6.45, 7) is 0.540. The van der Waals surface area contributed by atoms with Crippen molar-refractivity contribution in [2.24, 2.45) is 0 Å². The molecule has 9 heteroatoms. The number of furan rings is 1. The number of aromatic nitrogens is 3. The molecule has 8 nitrogen and oxygen atoms in total. The van der Waals surface area contributed by atoms with Crippen LogP contribution >= 0.6 is 11.8 Å². The van der Waals surface area contributed by atoms with Gasteiger partial charge in [-0.25, -0.2) is 4.79 Å². The van der Waals surface area contributed by atoms with Crippen LogP contribution in [0.2, 0.25) is 0 Å². The Hall–Kier alpha value is -2.29. The van der Waals surface area contributed by atoms with Gasteiger partial charge in [0.05, 0.1) is 18.6 Å². The lowest BCUT2D eigenvalue weighted by molar-refractivity contribution is -0.117. The number of amides is 3. The summed E-state index contributed by atoms with van der Waals surface area (Å²) < 4.78 is 7.45. The van der Waals surface area contributed by atoms with Crippen molar-refractivity contribution in [3.05, 3.63) is 30.0 Å². The SMILES string of the molecule is O=C(CSc1nnc(C2CC2)n1Cc1ccco1)NC(=O)NC1CCCC1. The number of urea groups is 1. The van der Waals surface area contributed by atoms with Crippen LogP contribution in [0.15, 0.2) is 28.0 Å². The molecule has 0 spiro atoms. The van der Waals surface area contributed by atoms with Gasteiger partial charge in [0.2, 0.25) is 5.91 Å². The normalized spacial score (nSPS) is 17.2. The van der Waals surface area contributed by atoms with Crippen LogP contribution in [0.25, 0.3) is 0 Å². The minimum absolute atomic E-state index is 0.110. The van der Waals surface area contributed by atoms with Crippen molar-refractivity contribution < 1.29 is 14.0 Å². The zero-order chi connectivity index (χ0) is 18.6. The third-order valence-corrected chi connectivity index (χ3v) is 5.82. The maximum absolute atomic E-state index is 12.1. The Morgan fingerprint density at radius 1 is 1.22 bits per heavy atom. The first-order valence-electron chi connectivity index (χ1n) is 9.37. The van der Waals surface area contributed by atoms with Crippen molar-refractivity contribution in [3.63, 3.8) is 0 Å². The molecule has 144 valence electrons. The maximum Gasteiger partial charge on any atom is 0.321 e. The molecule has 0 atom stereocenters. The van der Waals surface area contributed by atoms with Crippen LogP contribution in [-0.4, -0.2) is 38.5 Å². The van der Waals surface area contributed by atoms with Crippen molar-refractivity contribution in [2.75, 3.05) is 5.75 Å². The molecule has 2 aromatic heterocycles. The molecule has 0 aromatic carbocycles. The Labute approximate surface area is 161 Å². The topological polar surface area (TPSA) is 102 Å². The number of rotatable bonds is 7. The van der Waals surface area contributed by atoms with E-state index in [1.807, 2.05) is 16.7 Å². The molecule has 4 rings (SSSR count). The van der Waals surface area contributed by atoms with Gasteiger partial charge in [-0.2, -0.15) is 0 Å². The molecule has 0 radical (unpaired) electrons. The fraction of sp³-hybridized carbons (Fsp3) is 0.556. The molecule has 2 aliphatic rings. The Morgan fingerprint density at radius 2 is 2.04 bits per heavy atom. The molecule has 0 bridgehead atoms. The number of carbonyl (C=O) groups excluding carboxylic acids is 2. The standard InChI is InChI=1S/C18H23N5O3S/c24-15(20-17(25)19-13-4-1-2-5-13)11-27-18-22-21-16(12-7-8-12)23(18)10-14-6-3-9-26-14/h3,6,9,12-13H,1-2,4-5,7-8,10-11H2,(H2,19,20,24,25). The summed E-state index contributed by atoms with van der Waals surface area (Å²) >= 11 is 1.28. The highest BCUT2D eigenvalue weighted by molar-refractivity contribution is 7.99. The lowest BCUT2D eigenvalue weighted by Crippen LogP contribution is -2.44. The van der Waals surface area contributed by atoms with E-state index in [0.29, 0.717) is 17.6 Å². The molecular formula is C18H23N5O3S. The predicted octanol–water partition coefficient (Wildman–Crippen LogP) is 2.66. The lowest BCUT2D eigenvalue weighted by atomic mass is 10.2. The number of carbonyl (C=O) groups is 2. The largest absolute Gasteiger partial charge is 0.467 e. The highest BCUT2D eigenvalue weighted by Gasteiger charge is 2.31. The second-order valence-electron chi connectivity index (χ2n) is 7.07. The van der Waals surface area contributed by atoms with E-state index in [2.05, 4.69) is 20.8 Å². The van der Waals surface area contributed by atoms with Gasteiger partial charge in [-0.1, -0.05) is 24.6 Å². The van der Waals surface area contributed by atoms with Gasteiger partial charge in [0.1, 0.15) is 11.6 Å². The van der Waals surface area contributed by atoms with Gasteiger partial charge < -0.3 is 9.73 Å². The zero-order valence-corrected chi connectivity index (χ0v) is 15.8. The second kappa shape index (κ2) is 8.16. The number of hydrogen-bond donors (Lipinski definition) is 2. The van der Waals surface area contributed by atoms with Crippen molar-refractivity contribution in [1.29, 1.82) is 0 Å². The fourth-order valence-corrected chi connectivity index (χ4v) is 4.09. The zero-order valence-electron chi connectivity index (χ0n) is 15.0. The summed E-state index contributed by atoms with van der Waals surface area (Å²) in [5, 5.41) is 14.5. The number of imide groups is 1. The first-order chi connectivity index (χ1) is 13.2. The van der Waals surface area contributed by atoms with Gasteiger partial charge in [0, 0.05) is 12.0 Å². The molecule has 27 heavy (non-hydrogen) atoms. The van der Waals surface area contributed by atoms with E-state index in [0.717, 1.165) is 50.1 Å². The molecule has 0 aliphatic heterocycles. The van der Waals surface area contributed by atoms with Gasteiger partial charge in [-0.05, 0) is 37.8 Å². The Morgan fingerprint density at radius 3 is 2.74 bits per heavy atom. The Kier molecular flexibility index (Phi) is 5.47. The average Bonchev–Trinajstić information content (AvgIpc) is 3.04. The molecule has 2 heterocycles. The first kappa shape index (κ1) is 18.1. The summed E-state index contributed by atoms with van der Waals surface area (Å²) in [7, 11) is 0. The first-order valence-corrected chi connectivity index (χ1v) is 10.4. The maximum atomic E-state index is 12.1. The van der Waals surface area contributed by atoms with E-state index in [1.54, 1.807) is 6.26 Å². The molecule has 2 aromatic rings. The lowest BCUT2D eigenvalue weighted by Gasteiger charge is -2.12. The van der Waals surface area contributed by atoms with Gasteiger partial charge in [-0.15, -0.1) is 10.2 Å². The summed E-state index contributed by atoms with van der Waals surface area (Å²) in [6, 6.07) is 3.52. The second-order valence-corrected chi connectivity index (χ2v) is 8.01. The fourth-order valence-electron chi connectivity index (χ4n) is 3.34. The number of hydrogen-bond acceptors (Lipinski definition) is 6. The average molecular weight is 389 g/mol. The van der Waals surface area contributed by atoms with Gasteiger partial charge in [0.15, 0.2) is 5.16 Å². The smallest absolute Gasteiger partial charge is 0.321 e. The van der Waals surface area contributed by atoms with Crippen LogP contribution in [0.5, 0.6) is 0 Å². The highest BCUT2D eigenvalue weighted by Crippen LogP contribution is 2.40. The summed E-state index contributed by atoms with van der Waals surface area (Å²) in [5.74, 6) is 1.97. The quantitative estimate of drug-likeness (QED) is 0.706. The molecular weight excluding hydrogens is 366 g/mol. The Balaban J connectivity index is 1.33. The van der Waals surface area contributed by atoms with Crippen LogP contribution in [-0.2, 0) is 11.3 Å². The summed E-state index contributed by atoms with van der Waals surface area (Å²) in [4.78, 5) is 24.0. The molecule has 2 fully saturated rings. The van der Waals surface area contributed by atoms with E-state index in [-0.39, 0.29) is 17.7 Å². The van der Waals surface area contributed by atoms with Crippen molar-refractivity contribution in [2.45, 2.75) is 62.2 Å². The predicted molar refractivity (Wildman–Crippen MR) is 99.5 cm³/mol. The number of thioether (sulfide) groups is 1. The summed E-state index contributed by atoms with van der Waals surface area (Å²) in [5.41, 5.74) is 0.